The average molecular weight is 685 g/mol. The van der Waals surface area contributed by atoms with E-state index in [1.807, 2.05) is 43.3 Å². The second kappa shape index (κ2) is 18.4. The monoisotopic (exact) mass is 684 g/mol. The molecule has 0 spiro atoms. The van der Waals surface area contributed by atoms with E-state index < -0.39 is 6.10 Å². The first-order valence-electron chi connectivity index (χ1n) is 17.5. The number of rotatable bonds is 14. The molecule has 4 aromatic rings. The van der Waals surface area contributed by atoms with Crippen LogP contribution in [0.5, 0.6) is 17.2 Å². The van der Waals surface area contributed by atoms with Crippen molar-refractivity contribution in [3.63, 3.8) is 0 Å². The summed E-state index contributed by atoms with van der Waals surface area (Å²) in [4.78, 5) is 0. The zero-order valence-corrected chi connectivity index (χ0v) is 31.1. The second-order valence-electron chi connectivity index (χ2n) is 13.9. The van der Waals surface area contributed by atoms with Crippen LogP contribution in [0.3, 0.4) is 0 Å². The minimum atomic E-state index is -0.399. The number of hydrogen-bond donors (Lipinski definition) is 1. The van der Waals surface area contributed by atoms with E-state index in [9.17, 15) is 5.11 Å². The van der Waals surface area contributed by atoms with E-state index in [2.05, 4.69) is 95.3 Å². The van der Waals surface area contributed by atoms with Crippen molar-refractivity contribution in [1.82, 2.24) is 0 Å². The van der Waals surface area contributed by atoms with Crippen LogP contribution in [0.1, 0.15) is 68.9 Å². The normalized spacial score (nSPS) is 16.9. The highest BCUT2D eigenvalue weighted by molar-refractivity contribution is 5.42. The van der Waals surface area contributed by atoms with Crippen molar-refractivity contribution in [2.24, 2.45) is 0 Å². The maximum Gasteiger partial charge on any atom is 0.119 e. The van der Waals surface area contributed by atoms with Crippen molar-refractivity contribution >= 4 is 0 Å². The molecule has 4 aromatic carbocycles. The molecule has 0 bridgehead atoms. The van der Waals surface area contributed by atoms with Gasteiger partial charge >= 0.3 is 0 Å². The lowest BCUT2D eigenvalue weighted by Gasteiger charge is -2.26. The van der Waals surface area contributed by atoms with Crippen LogP contribution in [0.2, 0.25) is 0 Å². The lowest BCUT2D eigenvalue weighted by Crippen LogP contribution is -2.19. The molecule has 2 saturated heterocycles. The Morgan fingerprint density at radius 3 is 1.36 bits per heavy atom. The van der Waals surface area contributed by atoms with E-state index >= 15 is 0 Å². The molecular formula is C43H56O7. The molecule has 2 heterocycles. The molecule has 0 saturated carbocycles. The number of aliphatic hydroxyl groups is 1. The van der Waals surface area contributed by atoms with Gasteiger partial charge in [-0.2, -0.15) is 0 Å². The zero-order chi connectivity index (χ0) is 36.1. The number of aliphatic hydroxyl groups excluding tert-OH is 1. The molecule has 0 aromatic heterocycles. The predicted octanol–water partition coefficient (Wildman–Crippen LogP) is 8.30. The van der Waals surface area contributed by atoms with Gasteiger partial charge in [-0.1, -0.05) is 101 Å². The van der Waals surface area contributed by atoms with Gasteiger partial charge in [0.25, 0.3) is 0 Å². The Kier molecular flexibility index (Phi) is 14.3. The Bertz CT molecular complexity index is 1540. The SMILES string of the molecule is CCC(O)COc1ccc(C(C)(C)c2ccc(C)cc2)cc1.COCC1CO1.COc1ccc(C(C)(C)c2ccc(OCC3CO3)cc2)cc1. The molecule has 6 rings (SSSR count). The maximum absolute atomic E-state index is 9.55. The second-order valence-corrected chi connectivity index (χ2v) is 13.9. The lowest BCUT2D eigenvalue weighted by molar-refractivity contribution is 0.104. The van der Waals surface area contributed by atoms with Crippen LogP contribution in [0.15, 0.2) is 97.1 Å². The highest BCUT2D eigenvalue weighted by Gasteiger charge is 2.25. The Morgan fingerprint density at radius 2 is 1.00 bits per heavy atom. The smallest absolute Gasteiger partial charge is 0.119 e. The summed E-state index contributed by atoms with van der Waals surface area (Å²) in [5.41, 5.74) is 6.23. The molecule has 7 nitrogen and oxygen atoms in total. The van der Waals surface area contributed by atoms with E-state index in [4.69, 9.17) is 28.4 Å². The van der Waals surface area contributed by atoms with Gasteiger partial charge in [0, 0.05) is 17.9 Å². The topological polar surface area (TPSA) is 82.2 Å². The first-order chi connectivity index (χ1) is 24.0. The predicted molar refractivity (Wildman–Crippen MR) is 200 cm³/mol. The molecular weight excluding hydrogens is 628 g/mol. The van der Waals surface area contributed by atoms with E-state index in [0.717, 1.165) is 37.1 Å². The van der Waals surface area contributed by atoms with E-state index in [0.29, 0.717) is 25.7 Å². The highest BCUT2D eigenvalue weighted by Crippen LogP contribution is 2.34. The Labute approximate surface area is 299 Å². The number of epoxide rings is 2. The Hall–Kier alpha value is -3.88. The third kappa shape index (κ3) is 11.9. The van der Waals surface area contributed by atoms with Crippen LogP contribution in [0.25, 0.3) is 0 Å². The fourth-order valence-electron chi connectivity index (χ4n) is 5.26. The quantitative estimate of drug-likeness (QED) is 0.134. The number of methoxy groups -OCH3 is 2. The standard InChI is InChI=1S/C20H26O2.C19H22O3.C4H8O2/c1-5-18(21)14-22-19-12-10-17(11-13-19)20(3,4)16-8-6-15(2)7-9-16;1-19(2,14-4-8-16(20-3)9-5-14)15-6-10-17(11-7-15)21-12-18-13-22-18;1-5-2-4-3-6-4/h6-13,18,21H,5,14H2,1-4H3;4-11,18H,12-13H2,1-3H3;4H,2-3H2,1H3. The molecule has 1 N–H and O–H groups in total. The molecule has 0 aliphatic carbocycles. The van der Waals surface area contributed by atoms with Gasteiger partial charge in [-0.25, -0.2) is 0 Å². The minimum absolute atomic E-state index is 0.0465. The summed E-state index contributed by atoms with van der Waals surface area (Å²) in [6, 6.07) is 33.4. The molecule has 3 atom stereocenters. The highest BCUT2D eigenvalue weighted by atomic mass is 16.6. The van der Waals surface area contributed by atoms with Crippen molar-refractivity contribution < 1.29 is 33.5 Å². The number of hydrogen-bond acceptors (Lipinski definition) is 7. The number of benzene rings is 4. The van der Waals surface area contributed by atoms with Crippen LogP contribution in [0, 0.1) is 6.92 Å². The summed E-state index contributed by atoms with van der Waals surface area (Å²) >= 11 is 0. The molecule has 50 heavy (non-hydrogen) atoms. The van der Waals surface area contributed by atoms with E-state index in [1.54, 1.807) is 14.2 Å². The van der Waals surface area contributed by atoms with Crippen molar-refractivity contribution in [3.8, 4) is 17.2 Å². The zero-order valence-electron chi connectivity index (χ0n) is 31.1. The fourth-order valence-corrected chi connectivity index (χ4v) is 5.26. The molecule has 3 unspecified atom stereocenters. The van der Waals surface area contributed by atoms with Crippen LogP contribution in [-0.4, -0.2) is 70.7 Å². The average Bonchev–Trinajstić information content (AvgIpc) is 4.08. The van der Waals surface area contributed by atoms with Gasteiger partial charge < -0.3 is 33.5 Å². The molecule has 2 aliphatic rings. The van der Waals surface area contributed by atoms with Crippen molar-refractivity contribution in [2.75, 3.05) is 47.3 Å². The fraction of sp³-hybridized carbons (Fsp3) is 0.442. The molecule has 2 fully saturated rings. The molecule has 0 radical (unpaired) electrons. The maximum atomic E-state index is 9.55. The lowest BCUT2D eigenvalue weighted by atomic mass is 9.78. The van der Waals surface area contributed by atoms with Gasteiger partial charge in [0.15, 0.2) is 0 Å². The van der Waals surface area contributed by atoms with Crippen LogP contribution < -0.4 is 14.2 Å². The summed E-state index contributed by atoms with van der Waals surface area (Å²) in [5.74, 6) is 2.58. The van der Waals surface area contributed by atoms with E-state index in [-0.39, 0.29) is 16.9 Å². The first-order valence-corrected chi connectivity index (χ1v) is 17.5. The van der Waals surface area contributed by atoms with Gasteiger partial charge in [-0.3, -0.25) is 0 Å². The molecule has 2 aliphatic heterocycles. The first kappa shape index (κ1) is 38.9. The Balaban J connectivity index is 0.000000192. The minimum Gasteiger partial charge on any atom is -0.497 e. The van der Waals surface area contributed by atoms with Crippen molar-refractivity contribution in [3.05, 3.63) is 125 Å². The summed E-state index contributed by atoms with van der Waals surface area (Å²) in [7, 11) is 3.37. The summed E-state index contributed by atoms with van der Waals surface area (Å²) < 4.78 is 31.2. The summed E-state index contributed by atoms with van der Waals surface area (Å²) in [6.45, 7) is 16.4. The van der Waals surface area contributed by atoms with E-state index in [1.165, 1.54) is 27.8 Å². The van der Waals surface area contributed by atoms with Gasteiger partial charge in [-0.15, -0.1) is 0 Å². The molecule has 0 amide bonds. The van der Waals surface area contributed by atoms with Crippen LogP contribution in [-0.2, 0) is 25.0 Å². The summed E-state index contributed by atoms with van der Waals surface area (Å²) in [5, 5.41) is 9.55. The van der Waals surface area contributed by atoms with Crippen LogP contribution >= 0.6 is 0 Å². The third-order valence-electron chi connectivity index (χ3n) is 9.24. The van der Waals surface area contributed by atoms with Crippen molar-refractivity contribution in [2.45, 2.75) is 77.1 Å². The largest absolute Gasteiger partial charge is 0.497 e. The molecule has 7 heteroatoms. The van der Waals surface area contributed by atoms with Gasteiger partial charge in [0.2, 0.25) is 0 Å². The third-order valence-corrected chi connectivity index (χ3v) is 9.24. The van der Waals surface area contributed by atoms with Gasteiger partial charge in [0.1, 0.15) is 42.7 Å². The number of aryl methyl sites for hydroxylation is 1. The van der Waals surface area contributed by atoms with Crippen molar-refractivity contribution in [1.29, 1.82) is 0 Å². The Morgan fingerprint density at radius 1 is 0.620 bits per heavy atom. The summed E-state index contributed by atoms with van der Waals surface area (Å²) in [6.07, 6.45) is 1.02. The van der Waals surface area contributed by atoms with Gasteiger partial charge in [-0.05, 0) is 72.0 Å². The molecule has 270 valence electrons. The van der Waals surface area contributed by atoms with Crippen LogP contribution in [0.4, 0.5) is 0 Å². The number of ether oxygens (including phenoxy) is 6. The van der Waals surface area contributed by atoms with Gasteiger partial charge in [0.05, 0.1) is 33.0 Å².